The summed E-state index contributed by atoms with van der Waals surface area (Å²) in [4.78, 5) is 8.67. The van der Waals surface area contributed by atoms with Crippen LogP contribution in [-0.2, 0) is 5.75 Å². The predicted octanol–water partition coefficient (Wildman–Crippen LogP) is 3.87. The SMILES string of the molecule is Cc1ccc(SCc2ccccc2)n1-c1ncccn1. The van der Waals surface area contributed by atoms with Gasteiger partial charge in [-0.3, -0.25) is 4.57 Å². The molecule has 0 saturated heterocycles. The molecule has 0 aliphatic carbocycles. The summed E-state index contributed by atoms with van der Waals surface area (Å²) in [7, 11) is 0. The highest BCUT2D eigenvalue weighted by Gasteiger charge is 2.09. The average molecular weight is 281 g/mol. The molecule has 0 N–H and O–H groups in total. The van der Waals surface area contributed by atoms with Crippen LogP contribution in [0.1, 0.15) is 11.3 Å². The molecule has 0 saturated carbocycles. The Labute approximate surface area is 122 Å². The minimum Gasteiger partial charge on any atom is -0.277 e. The number of nitrogens with zero attached hydrogens (tertiary/aromatic N) is 3. The van der Waals surface area contributed by atoms with Gasteiger partial charge in [0.15, 0.2) is 0 Å². The fraction of sp³-hybridized carbons (Fsp3) is 0.125. The average Bonchev–Trinajstić information content (AvgIpc) is 2.88. The predicted molar refractivity (Wildman–Crippen MR) is 82.1 cm³/mol. The van der Waals surface area contributed by atoms with E-state index in [0.29, 0.717) is 0 Å². The first-order valence-corrected chi connectivity index (χ1v) is 7.45. The number of hydrogen-bond donors (Lipinski definition) is 0. The van der Waals surface area contributed by atoms with Gasteiger partial charge in [0.25, 0.3) is 0 Å². The van der Waals surface area contributed by atoms with E-state index in [2.05, 4.69) is 57.9 Å². The van der Waals surface area contributed by atoms with Crippen molar-refractivity contribution < 1.29 is 0 Å². The quantitative estimate of drug-likeness (QED) is 0.680. The summed E-state index contributed by atoms with van der Waals surface area (Å²) >= 11 is 1.80. The fourth-order valence-electron chi connectivity index (χ4n) is 2.02. The van der Waals surface area contributed by atoms with Crippen LogP contribution in [0, 0.1) is 6.92 Å². The van der Waals surface area contributed by atoms with Gasteiger partial charge in [-0.1, -0.05) is 30.3 Å². The summed E-state index contributed by atoms with van der Waals surface area (Å²) in [6, 6.07) is 16.5. The summed E-state index contributed by atoms with van der Waals surface area (Å²) in [5.74, 6) is 1.67. The maximum Gasteiger partial charge on any atom is 0.234 e. The maximum atomic E-state index is 4.34. The van der Waals surface area contributed by atoms with Crippen LogP contribution in [0.25, 0.3) is 5.95 Å². The van der Waals surface area contributed by atoms with E-state index < -0.39 is 0 Å². The molecule has 20 heavy (non-hydrogen) atoms. The van der Waals surface area contributed by atoms with Crippen molar-refractivity contribution in [3.63, 3.8) is 0 Å². The maximum absolute atomic E-state index is 4.34. The summed E-state index contributed by atoms with van der Waals surface area (Å²) in [5.41, 5.74) is 2.46. The molecule has 0 aliphatic rings. The Balaban J connectivity index is 1.85. The van der Waals surface area contributed by atoms with Crippen LogP contribution in [0.15, 0.2) is 66.0 Å². The highest BCUT2D eigenvalue weighted by atomic mass is 32.2. The molecule has 2 aromatic heterocycles. The molecule has 0 unspecified atom stereocenters. The first kappa shape index (κ1) is 12.9. The van der Waals surface area contributed by atoms with Gasteiger partial charge in [-0.15, -0.1) is 11.8 Å². The standard InChI is InChI=1S/C16H15N3S/c1-13-8-9-15(19(13)16-17-10-5-11-18-16)20-12-14-6-3-2-4-7-14/h2-11H,12H2,1H3. The van der Waals surface area contributed by atoms with Crippen LogP contribution in [-0.4, -0.2) is 14.5 Å². The molecule has 2 heterocycles. The highest BCUT2D eigenvalue weighted by Crippen LogP contribution is 2.26. The van der Waals surface area contributed by atoms with Crippen molar-refractivity contribution in [3.05, 3.63) is 72.2 Å². The third kappa shape index (κ3) is 2.75. The molecule has 3 rings (SSSR count). The van der Waals surface area contributed by atoms with Crippen LogP contribution < -0.4 is 0 Å². The molecular formula is C16H15N3S. The van der Waals surface area contributed by atoms with Gasteiger partial charge in [0, 0.05) is 23.8 Å². The lowest BCUT2D eigenvalue weighted by Gasteiger charge is -2.09. The molecule has 0 bridgehead atoms. The fourth-order valence-corrected chi connectivity index (χ4v) is 3.05. The van der Waals surface area contributed by atoms with Gasteiger partial charge < -0.3 is 0 Å². The number of aryl methyl sites for hydroxylation is 1. The Morgan fingerprint density at radius 3 is 2.45 bits per heavy atom. The molecule has 0 atom stereocenters. The van der Waals surface area contributed by atoms with Gasteiger partial charge in [-0.2, -0.15) is 0 Å². The third-order valence-electron chi connectivity index (χ3n) is 3.02. The van der Waals surface area contributed by atoms with E-state index >= 15 is 0 Å². The molecule has 0 radical (unpaired) electrons. The molecule has 100 valence electrons. The molecule has 0 spiro atoms. The Morgan fingerprint density at radius 2 is 1.70 bits per heavy atom. The monoisotopic (exact) mass is 281 g/mol. The van der Waals surface area contributed by atoms with Crippen molar-refractivity contribution in [2.45, 2.75) is 17.7 Å². The number of hydrogen-bond acceptors (Lipinski definition) is 3. The van der Waals surface area contributed by atoms with Gasteiger partial charge in [0.2, 0.25) is 5.95 Å². The van der Waals surface area contributed by atoms with E-state index in [-0.39, 0.29) is 0 Å². The lowest BCUT2D eigenvalue weighted by molar-refractivity contribution is 0.832. The number of benzene rings is 1. The Morgan fingerprint density at radius 1 is 0.950 bits per heavy atom. The Bertz CT molecular complexity index is 677. The zero-order chi connectivity index (χ0) is 13.8. The topological polar surface area (TPSA) is 30.7 Å². The summed E-state index contributed by atoms with van der Waals surface area (Å²) in [6.07, 6.45) is 3.54. The van der Waals surface area contributed by atoms with E-state index in [1.807, 2.05) is 12.1 Å². The van der Waals surface area contributed by atoms with Crippen molar-refractivity contribution in [2.75, 3.05) is 0 Å². The van der Waals surface area contributed by atoms with E-state index in [1.165, 1.54) is 5.56 Å². The van der Waals surface area contributed by atoms with Gasteiger partial charge in [0.05, 0.1) is 5.03 Å². The van der Waals surface area contributed by atoms with Gasteiger partial charge >= 0.3 is 0 Å². The molecule has 4 heteroatoms. The third-order valence-corrected chi connectivity index (χ3v) is 4.11. The summed E-state index contributed by atoms with van der Waals surface area (Å²) in [5, 5.41) is 1.16. The number of aromatic nitrogens is 3. The van der Waals surface area contributed by atoms with Crippen LogP contribution in [0.4, 0.5) is 0 Å². The number of rotatable bonds is 4. The van der Waals surface area contributed by atoms with E-state index in [4.69, 9.17) is 0 Å². The first-order chi connectivity index (χ1) is 9.84. The summed E-state index contributed by atoms with van der Waals surface area (Å²) < 4.78 is 2.09. The molecular weight excluding hydrogens is 266 g/mol. The van der Waals surface area contributed by atoms with Crippen LogP contribution in [0.2, 0.25) is 0 Å². The van der Waals surface area contributed by atoms with Crippen molar-refractivity contribution in [2.24, 2.45) is 0 Å². The molecule has 0 fully saturated rings. The van der Waals surface area contributed by atoms with E-state index in [1.54, 1.807) is 24.2 Å². The Hall–Kier alpha value is -2.07. The van der Waals surface area contributed by atoms with Crippen molar-refractivity contribution in [3.8, 4) is 5.95 Å². The van der Waals surface area contributed by atoms with Gasteiger partial charge in [0.1, 0.15) is 0 Å². The normalized spacial score (nSPS) is 10.7. The molecule has 3 aromatic rings. The van der Waals surface area contributed by atoms with Crippen LogP contribution >= 0.6 is 11.8 Å². The van der Waals surface area contributed by atoms with Gasteiger partial charge in [-0.25, -0.2) is 9.97 Å². The molecule has 1 aromatic carbocycles. The number of thioether (sulfide) groups is 1. The van der Waals surface area contributed by atoms with Crippen molar-refractivity contribution >= 4 is 11.8 Å². The van der Waals surface area contributed by atoms with Crippen LogP contribution in [0.5, 0.6) is 0 Å². The zero-order valence-corrected chi connectivity index (χ0v) is 12.0. The lowest BCUT2D eigenvalue weighted by Crippen LogP contribution is -2.03. The Kier molecular flexibility index (Phi) is 3.83. The largest absolute Gasteiger partial charge is 0.277 e. The highest BCUT2D eigenvalue weighted by molar-refractivity contribution is 7.98. The second-order valence-corrected chi connectivity index (χ2v) is 5.47. The van der Waals surface area contributed by atoms with Gasteiger partial charge in [-0.05, 0) is 30.7 Å². The van der Waals surface area contributed by atoms with Crippen molar-refractivity contribution in [1.29, 1.82) is 0 Å². The van der Waals surface area contributed by atoms with Crippen LogP contribution in [0.3, 0.4) is 0 Å². The zero-order valence-electron chi connectivity index (χ0n) is 11.2. The smallest absolute Gasteiger partial charge is 0.234 e. The molecule has 0 aliphatic heterocycles. The van der Waals surface area contributed by atoms with E-state index in [0.717, 1.165) is 22.4 Å². The summed E-state index contributed by atoms with van der Waals surface area (Å²) in [6.45, 7) is 2.07. The lowest BCUT2D eigenvalue weighted by atomic mass is 10.2. The molecule has 0 amide bonds. The minimum atomic E-state index is 0.727. The minimum absolute atomic E-state index is 0.727. The second-order valence-electron chi connectivity index (χ2n) is 4.47. The first-order valence-electron chi connectivity index (χ1n) is 6.47. The van der Waals surface area contributed by atoms with E-state index in [9.17, 15) is 0 Å². The van der Waals surface area contributed by atoms with Crippen molar-refractivity contribution in [1.82, 2.24) is 14.5 Å². The molecule has 3 nitrogen and oxygen atoms in total. The second kappa shape index (κ2) is 5.92.